The molecule has 0 bridgehead atoms. The predicted octanol–water partition coefficient (Wildman–Crippen LogP) is -0.0175. The summed E-state index contributed by atoms with van der Waals surface area (Å²) in [6, 6.07) is 5.41. The van der Waals surface area contributed by atoms with Gasteiger partial charge in [-0.05, 0) is 17.7 Å². The summed E-state index contributed by atoms with van der Waals surface area (Å²) in [5.74, 6) is 0.358. The lowest BCUT2D eigenvalue weighted by Crippen LogP contribution is -2.29. The van der Waals surface area contributed by atoms with Crippen LogP contribution in [0.5, 0.6) is 5.75 Å². The van der Waals surface area contributed by atoms with Crippen molar-refractivity contribution in [2.24, 2.45) is 5.73 Å². The standard InChI is InChI=1S/C12H15N3O3/c13-6-12(17)14-7-8-1-2-10-9(5-8)15-11(16)3-4-18-10/h1-2,5H,3-4,6-7,13H2,(H,14,17)(H,15,16). The fraction of sp³-hybridized carbons (Fsp3) is 0.333. The van der Waals surface area contributed by atoms with Gasteiger partial charge in [0.15, 0.2) is 0 Å². The maximum Gasteiger partial charge on any atom is 0.234 e. The molecule has 0 fully saturated rings. The van der Waals surface area contributed by atoms with Crippen LogP contribution in [0, 0.1) is 0 Å². The molecule has 1 aliphatic heterocycles. The number of nitrogens with one attached hydrogen (secondary N) is 2. The highest BCUT2D eigenvalue weighted by atomic mass is 16.5. The molecule has 0 aromatic heterocycles. The van der Waals surface area contributed by atoms with Crippen molar-refractivity contribution in [3.05, 3.63) is 23.8 Å². The van der Waals surface area contributed by atoms with Crippen molar-refractivity contribution >= 4 is 17.5 Å². The molecule has 0 saturated heterocycles. The topological polar surface area (TPSA) is 93.5 Å². The van der Waals surface area contributed by atoms with Gasteiger partial charge in [-0.1, -0.05) is 6.07 Å². The number of nitrogens with two attached hydrogens (primary N) is 1. The molecule has 0 unspecified atom stereocenters. The number of benzene rings is 1. The van der Waals surface area contributed by atoms with Gasteiger partial charge in [0.2, 0.25) is 11.8 Å². The van der Waals surface area contributed by atoms with Crippen molar-refractivity contribution in [2.45, 2.75) is 13.0 Å². The van der Waals surface area contributed by atoms with Gasteiger partial charge < -0.3 is 21.1 Å². The Morgan fingerprint density at radius 2 is 2.33 bits per heavy atom. The molecule has 1 aromatic rings. The van der Waals surface area contributed by atoms with Gasteiger partial charge in [0, 0.05) is 6.54 Å². The van der Waals surface area contributed by atoms with Gasteiger partial charge in [-0.25, -0.2) is 0 Å². The van der Waals surface area contributed by atoms with Gasteiger partial charge in [-0.15, -0.1) is 0 Å². The molecule has 2 rings (SSSR count). The minimum atomic E-state index is -0.217. The van der Waals surface area contributed by atoms with Gasteiger partial charge in [-0.3, -0.25) is 9.59 Å². The zero-order valence-corrected chi connectivity index (χ0v) is 9.86. The largest absolute Gasteiger partial charge is 0.491 e. The van der Waals surface area contributed by atoms with Crippen LogP contribution in [0.3, 0.4) is 0 Å². The SMILES string of the molecule is NCC(=O)NCc1ccc2c(c1)NC(=O)CCO2. The van der Waals surface area contributed by atoms with Crippen LogP contribution in [-0.2, 0) is 16.1 Å². The van der Waals surface area contributed by atoms with Crippen LogP contribution in [-0.4, -0.2) is 25.0 Å². The van der Waals surface area contributed by atoms with E-state index in [0.29, 0.717) is 31.0 Å². The third-order valence-corrected chi connectivity index (χ3v) is 2.58. The summed E-state index contributed by atoms with van der Waals surface area (Å²) in [5, 5.41) is 5.43. The van der Waals surface area contributed by atoms with Crippen molar-refractivity contribution in [2.75, 3.05) is 18.5 Å². The number of rotatable bonds is 3. The molecule has 6 heteroatoms. The molecule has 0 aliphatic carbocycles. The maximum atomic E-state index is 11.4. The highest BCUT2D eigenvalue weighted by Gasteiger charge is 2.13. The number of hydrogen-bond donors (Lipinski definition) is 3. The summed E-state index contributed by atoms with van der Waals surface area (Å²) in [4.78, 5) is 22.4. The molecule has 18 heavy (non-hydrogen) atoms. The van der Waals surface area contributed by atoms with E-state index < -0.39 is 0 Å². The monoisotopic (exact) mass is 249 g/mol. The Hall–Kier alpha value is -2.08. The zero-order valence-electron chi connectivity index (χ0n) is 9.86. The van der Waals surface area contributed by atoms with Gasteiger partial charge >= 0.3 is 0 Å². The molecular weight excluding hydrogens is 234 g/mol. The number of carbonyl (C=O) groups is 2. The second kappa shape index (κ2) is 5.50. The van der Waals surface area contributed by atoms with Crippen LogP contribution >= 0.6 is 0 Å². The number of hydrogen-bond acceptors (Lipinski definition) is 4. The van der Waals surface area contributed by atoms with Gasteiger partial charge in [-0.2, -0.15) is 0 Å². The minimum absolute atomic E-state index is 0.0369. The zero-order chi connectivity index (χ0) is 13.0. The molecule has 0 saturated carbocycles. The summed E-state index contributed by atoms with van der Waals surface area (Å²) < 4.78 is 5.43. The Labute approximate surface area is 104 Å². The van der Waals surface area contributed by atoms with Gasteiger partial charge in [0.25, 0.3) is 0 Å². The number of amides is 2. The van der Waals surface area contributed by atoms with E-state index in [1.807, 2.05) is 6.07 Å². The summed E-state index contributed by atoms with van der Waals surface area (Å²) in [5.41, 5.74) is 6.71. The lowest BCUT2D eigenvalue weighted by Gasteiger charge is -2.10. The van der Waals surface area contributed by atoms with Crippen molar-refractivity contribution in [1.82, 2.24) is 5.32 Å². The van der Waals surface area contributed by atoms with Crippen molar-refractivity contribution < 1.29 is 14.3 Å². The van der Waals surface area contributed by atoms with Gasteiger partial charge in [0.05, 0.1) is 25.3 Å². The Morgan fingerprint density at radius 1 is 1.50 bits per heavy atom. The molecular formula is C12H15N3O3. The second-order valence-corrected chi connectivity index (χ2v) is 3.96. The first-order chi connectivity index (χ1) is 8.69. The maximum absolute atomic E-state index is 11.4. The van der Waals surface area contributed by atoms with Crippen molar-refractivity contribution in [3.8, 4) is 5.75 Å². The minimum Gasteiger partial charge on any atom is -0.491 e. The highest BCUT2D eigenvalue weighted by Crippen LogP contribution is 2.27. The molecule has 96 valence electrons. The van der Waals surface area contributed by atoms with Crippen molar-refractivity contribution in [1.29, 1.82) is 0 Å². The second-order valence-electron chi connectivity index (χ2n) is 3.96. The van der Waals surface area contributed by atoms with E-state index in [4.69, 9.17) is 10.5 Å². The average molecular weight is 249 g/mol. The third-order valence-electron chi connectivity index (χ3n) is 2.58. The summed E-state index contributed by atoms with van der Waals surface area (Å²) in [7, 11) is 0. The van der Waals surface area contributed by atoms with Crippen LogP contribution in [0.2, 0.25) is 0 Å². The number of carbonyl (C=O) groups excluding carboxylic acids is 2. The molecule has 4 N–H and O–H groups in total. The fourth-order valence-corrected chi connectivity index (χ4v) is 1.65. The first-order valence-corrected chi connectivity index (χ1v) is 5.71. The van der Waals surface area contributed by atoms with Crippen LogP contribution in [0.4, 0.5) is 5.69 Å². The number of fused-ring (bicyclic) bond motifs is 1. The smallest absolute Gasteiger partial charge is 0.234 e. The van der Waals surface area contributed by atoms with E-state index in [-0.39, 0.29) is 18.4 Å². The summed E-state index contributed by atoms with van der Waals surface area (Å²) >= 11 is 0. The Balaban J connectivity index is 2.10. The molecule has 0 radical (unpaired) electrons. The van der Waals surface area contributed by atoms with Crippen LogP contribution in [0.1, 0.15) is 12.0 Å². The highest BCUT2D eigenvalue weighted by molar-refractivity contribution is 5.93. The van der Waals surface area contributed by atoms with E-state index >= 15 is 0 Å². The summed E-state index contributed by atoms with van der Waals surface area (Å²) in [6.45, 7) is 0.714. The van der Waals surface area contributed by atoms with Crippen LogP contribution in [0.15, 0.2) is 18.2 Å². The molecule has 2 amide bonds. The van der Waals surface area contributed by atoms with Crippen LogP contribution < -0.4 is 21.1 Å². The Bertz CT molecular complexity index is 474. The quantitative estimate of drug-likeness (QED) is 0.702. The van der Waals surface area contributed by atoms with Gasteiger partial charge in [0.1, 0.15) is 5.75 Å². The first kappa shape index (κ1) is 12.4. The molecule has 0 spiro atoms. The van der Waals surface area contributed by atoms with Crippen LogP contribution in [0.25, 0.3) is 0 Å². The third kappa shape index (κ3) is 2.98. The lowest BCUT2D eigenvalue weighted by molar-refractivity contribution is -0.120. The molecule has 1 aromatic carbocycles. The van der Waals surface area contributed by atoms with E-state index in [1.165, 1.54) is 0 Å². The first-order valence-electron chi connectivity index (χ1n) is 5.71. The molecule has 0 atom stereocenters. The van der Waals surface area contributed by atoms with E-state index in [0.717, 1.165) is 5.56 Å². The Kier molecular flexibility index (Phi) is 3.78. The Morgan fingerprint density at radius 3 is 3.11 bits per heavy atom. The summed E-state index contributed by atoms with van der Waals surface area (Å²) in [6.07, 6.45) is 0.341. The van der Waals surface area contributed by atoms with E-state index in [1.54, 1.807) is 12.1 Å². The molecule has 6 nitrogen and oxygen atoms in total. The fourth-order valence-electron chi connectivity index (χ4n) is 1.65. The van der Waals surface area contributed by atoms with E-state index in [9.17, 15) is 9.59 Å². The normalized spacial score (nSPS) is 13.9. The number of anilines is 1. The number of ether oxygens (including phenoxy) is 1. The van der Waals surface area contributed by atoms with E-state index in [2.05, 4.69) is 10.6 Å². The lowest BCUT2D eigenvalue weighted by atomic mass is 10.2. The average Bonchev–Trinajstić information content (AvgIpc) is 2.55. The molecule has 1 aliphatic rings. The predicted molar refractivity (Wildman–Crippen MR) is 66.1 cm³/mol. The molecule has 1 heterocycles. The van der Waals surface area contributed by atoms with Crippen molar-refractivity contribution in [3.63, 3.8) is 0 Å².